The van der Waals surface area contributed by atoms with Gasteiger partial charge in [0.1, 0.15) is 0 Å². The third-order valence-corrected chi connectivity index (χ3v) is 4.18. The maximum absolute atomic E-state index is 12.0. The standard InChI is InChI=1S/C14H24N2O/c15-10-12-6-3-7-13(12)14(17)16-9-8-11-4-1-2-5-11/h4,12-13H,1-3,5-10,15H2,(H,16,17). The van der Waals surface area contributed by atoms with Crippen LogP contribution >= 0.6 is 0 Å². The summed E-state index contributed by atoms with van der Waals surface area (Å²) in [5.41, 5.74) is 7.22. The highest BCUT2D eigenvalue weighted by Gasteiger charge is 2.31. The smallest absolute Gasteiger partial charge is 0.223 e. The third-order valence-electron chi connectivity index (χ3n) is 4.18. The first-order chi connectivity index (χ1) is 8.31. The van der Waals surface area contributed by atoms with Crippen LogP contribution in [0.3, 0.4) is 0 Å². The molecule has 2 atom stereocenters. The van der Waals surface area contributed by atoms with E-state index in [4.69, 9.17) is 5.73 Å². The molecule has 0 bridgehead atoms. The average Bonchev–Trinajstić information content (AvgIpc) is 2.99. The van der Waals surface area contributed by atoms with E-state index in [1.807, 2.05) is 0 Å². The van der Waals surface area contributed by atoms with Crippen LogP contribution in [0.4, 0.5) is 0 Å². The summed E-state index contributed by atoms with van der Waals surface area (Å²) in [7, 11) is 0. The predicted molar refractivity (Wildman–Crippen MR) is 69.4 cm³/mol. The van der Waals surface area contributed by atoms with Crippen molar-refractivity contribution in [2.24, 2.45) is 17.6 Å². The van der Waals surface area contributed by atoms with Gasteiger partial charge < -0.3 is 11.1 Å². The molecule has 17 heavy (non-hydrogen) atoms. The molecule has 1 amide bonds. The summed E-state index contributed by atoms with van der Waals surface area (Å²) in [6, 6.07) is 0. The van der Waals surface area contributed by atoms with Gasteiger partial charge in [0.25, 0.3) is 0 Å². The Labute approximate surface area is 104 Å². The van der Waals surface area contributed by atoms with E-state index in [0.717, 1.165) is 32.2 Å². The molecule has 0 aromatic rings. The van der Waals surface area contributed by atoms with E-state index in [-0.39, 0.29) is 11.8 Å². The number of rotatable bonds is 5. The van der Waals surface area contributed by atoms with Crippen molar-refractivity contribution in [3.05, 3.63) is 11.6 Å². The second-order valence-corrected chi connectivity index (χ2v) is 5.33. The van der Waals surface area contributed by atoms with Crippen molar-refractivity contribution in [2.75, 3.05) is 13.1 Å². The van der Waals surface area contributed by atoms with Gasteiger partial charge in [-0.25, -0.2) is 0 Å². The van der Waals surface area contributed by atoms with Crippen LogP contribution in [0.1, 0.15) is 44.9 Å². The number of nitrogens with two attached hydrogens (primary N) is 1. The van der Waals surface area contributed by atoms with Crippen molar-refractivity contribution in [1.29, 1.82) is 0 Å². The minimum Gasteiger partial charge on any atom is -0.356 e. The molecule has 1 fully saturated rings. The Morgan fingerprint density at radius 3 is 3.00 bits per heavy atom. The molecule has 0 aromatic carbocycles. The maximum atomic E-state index is 12.0. The molecular weight excluding hydrogens is 212 g/mol. The lowest BCUT2D eigenvalue weighted by molar-refractivity contribution is -0.125. The molecule has 2 rings (SSSR count). The van der Waals surface area contributed by atoms with Gasteiger partial charge in [0.15, 0.2) is 0 Å². The highest BCUT2D eigenvalue weighted by molar-refractivity contribution is 5.79. The van der Waals surface area contributed by atoms with Crippen molar-refractivity contribution in [1.82, 2.24) is 5.32 Å². The number of amides is 1. The maximum Gasteiger partial charge on any atom is 0.223 e. The fourth-order valence-corrected chi connectivity index (χ4v) is 3.11. The Balaban J connectivity index is 1.69. The van der Waals surface area contributed by atoms with E-state index in [1.54, 1.807) is 0 Å². The van der Waals surface area contributed by atoms with E-state index in [1.165, 1.54) is 24.8 Å². The zero-order chi connectivity index (χ0) is 12.1. The lowest BCUT2D eigenvalue weighted by atomic mass is 9.95. The number of carbonyl (C=O) groups excluding carboxylic acids is 1. The number of carbonyl (C=O) groups is 1. The molecule has 0 aliphatic heterocycles. The zero-order valence-electron chi connectivity index (χ0n) is 10.6. The lowest BCUT2D eigenvalue weighted by Crippen LogP contribution is -2.35. The summed E-state index contributed by atoms with van der Waals surface area (Å²) in [6.45, 7) is 1.46. The molecule has 0 spiro atoms. The van der Waals surface area contributed by atoms with Gasteiger partial charge in [-0.3, -0.25) is 4.79 Å². The van der Waals surface area contributed by atoms with Gasteiger partial charge in [0, 0.05) is 12.5 Å². The lowest BCUT2D eigenvalue weighted by Gasteiger charge is -2.17. The molecule has 3 nitrogen and oxygen atoms in total. The topological polar surface area (TPSA) is 55.1 Å². The summed E-state index contributed by atoms with van der Waals surface area (Å²) >= 11 is 0. The summed E-state index contributed by atoms with van der Waals surface area (Å²) < 4.78 is 0. The van der Waals surface area contributed by atoms with Gasteiger partial charge >= 0.3 is 0 Å². The third kappa shape index (κ3) is 3.32. The zero-order valence-corrected chi connectivity index (χ0v) is 10.6. The van der Waals surface area contributed by atoms with Crippen molar-refractivity contribution in [2.45, 2.75) is 44.9 Å². The van der Waals surface area contributed by atoms with Gasteiger partial charge in [-0.2, -0.15) is 0 Å². The van der Waals surface area contributed by atoms with Crippen LogP contribution < -0.4 is 11.1 Å². The Morgan fingerprint density at radius 1 is 1.41 bits per heavy atom. The minimum atomic E-state index is 0.178. The normalized spacial score (nSPS) is 28.2. The molecule has 2 aliphatic carbocycles. The van der Waals surface area contributed by atoms with Crippen LogP contribution in [0, 0.1) is 11.8 Å². The van der Waals surface area contributed by atoms with Crippen LogP contribution in [0.15, 0.2) is 11.6 Å². The van der Waals surface area contributed by atoms with Gasteiger partial charge in [-0.05, 0) is 51.0 Å². The molecule has 0 radical (unpaired) electrons. The second-order valence-electron chi connectivity index (χ2n) is 5.33. The Morgan fingerprint density at radius 2 is 2.29 bits per heavy atom. The Hall–Kier alpha value is -0.830. The van der Waals surface area contributed by atoms with Gasteiger partial charge in [-0.1, -0.05) is 18.1 Å². The van der Waals surface area contributed by atoms with E-state index in [0.29, 0.717) is 12.5 Å². The molecule has 1 saturated carbocycles. The fraction of sp³-hybridized carbons (Fsp3) is 0.786. The van der Waals surface area contributed by atoms with Crippen LogP contribution in [0.25, 0.3) is 0 Å². The largest absolute Gasteiger partial charge is 0.356 e. The molecule has 3 heteroatoms. The summed E-state index contributed by atoms with van der Waals surface area (Å²) in [5, 5.41) is 3.08. The molecule has 3 N–H and O–H groups in total. The molecule has 0 saturated heterocycles. The molecular formula is C14H24N2O. The monoisotopic (exact) mass is 236 g/mol. The fourth-order valence-electron chi connectivity index (χ4n) is 3.11. The molecule has 2 aliphatic rings. The highest BCUT2D eigenvalue weighted by Crippen LogP contribution is 2.31. The molecule has 0 aromatic heterocycles. The van der Waals surface area contributed by atoms with E-state index in [9.17, 15) is 4.79 Å². The van der Waals surface area contributed by atoms with E-state index in [2.05, 4.69) is 11.4 Å². The SMILES string of the molecule is NCC1CCCC1C(=O)NCCC1=CCCC1. The second kappa shape index (κ2) is 6.20. The predicted octanol–water partition coefficient (Wildman–Crippen LogP) is 1.98. The van der Waals surface area contributed by atoms with Crippen LogP contribution in [0.5, 0.6) is 0 Å². The van der Waals surface area contributed by atoms with Crippen molar-refractivity contribution < 1.29 is 4.79 Å². The van der Waals surface area contributed by atoms with Crippen LogP contribution in [-0.4, -0.2) is 19.0 Å². The van der Waals surface area contributed by atoms with E-state index >= 15 is 0 Å². The summed E-state index contributed by atoms with van der Waals surface area (Å²) in [5.74, 6) is 0.829. The van der Waals surface area contributed by atoms with Crippen molar-refractivity contribution in [3.8, 4) is 0 Å². The van der Waals surface area contributed by atoms with Gasteiger partial charge in [-0.15, -0.1) is 0 Å². The van der Waals surface area contributed by atoms with Crippen molar-refractivity contribution >= 4 is 5.91 Å². The minimum absolute atomic E-state index is 0.178. The van der Waals surface area contributed by atoms with Crippen molar-refractivity contribution in [3.63, 3.8) is 0 Å². The summed E-state index contributed by atoms with van der Waals surface area (Å²) in [4.78, 5) is 12.0. The number of nitrogens with one attached hydrogen (secondary N) is 1. The first kappa shape index (κ1) is 12.6. The first-order valence-electron chi connectivity index (χ1n) is 6.97. The highest BCUT2D eigenvalue weighted by atomic mass is 16.1. The number of allylic oxidation sites excluding steroid dienone is 1. The van der Waals surface area contributed by atoms with Crippen LogP contribution in [0.2, 0.25) is 0 Å². The average molecular weight is 236 g/mol. The number of hydrogen-bond donors (Lipinski definition) is 2. The molecule has 96 valence electrons. The van der Waals surface area contributed by atoms with Gasteiger partial charge in [0.2, 0.25) is 5.91 Å². The summed E-state index contributed by atoms with van der Waals surface area (Å²) in [6.07, 6.45) is 10.4. The molecule has 0 heterocycles. The Bertz CT molecular complexity index is 299. The van der Waals surface area contributed by atoms with Crippen LogP contribution in [-0.2, 0) is 4.79 Å². The van der Waals surface area contributed by atoms with Gasteiger partial charge in [0.05, 0.1) is 0 Å². The first-order valence-corrected chi connectivity index (χ1v) is 6.97. The quantitative estimate of drug-likeness (QED) is 0.717. The number of hydrogen-bond acceptors (Lipinski definition) is 2. The van der Waals surface area contributed by atoms with E-state index < -0.39 is 0 Å². The Kier molecular flexibility index (Phi) is 4.60. The molecule has 2 unspecified atom stereocenters.